The molecule has 5 nitrogen and oxygen atoms in total. The number of hydrogen-bond acceptors (Lipinski definition) is 4. The second kappa shape index (κ2) is 5.97. The number of benzene rings is 1. The summed E-state index contributed by atoms with van der Waals surface area (Å²) in [5.41, 5.74) is 0.0956. The lowest BCUT2D eigenvalue weighted by Crippen LogP contribution is -2.05. The van der Waals surface area contributed by atoms with E-state index in [1.165, 1.54) is 18.2 Å². The van der Waals surface area contributed by atoms with Crippen molar-refractivity contribution in [3.05, 3.63) is 23.8 Å². The van der Waals surface area contributed by atoms with Crippen molar-refractivity contribution in [3.63, 3.8) is 0 Å². The van der Waals surface area contributed by atoms with Crippen LogP contribution in [-0.2, 0) is 0 Å². The van der Waals surface area contributed by atoms with Gasteiger partial charge in [-0.3, -0.25) is 0 Å². The molecule has 0 bridgehead atoms. The zero-order valence-corrected chi connectivity index (χ0v) is 8.97. The summed E-state index contributed by atoms with van der Waals surface area (Å²) < 4.78 is 10.3. The molecule has 0 heterocycles. The molecule has 5 heteroatoms. The molecule has 0 amide bonds. The highest BCUT2D eigenvalue weighted by molar-refractivity contribution is 5.91. The molecule has 0 spiro atoms. The Morgan fingerprint density at radius 2 is 2.12 bits per heavy atom. The van der Waals surface area contributed by atoms with Crippen LogP contribution >= 0.6 is 0 Å². The third-order valence-corrected chi connectivity index (χ3v) is 1.84. The van der Waals surface area contributed by atoms with E-state index >= 15 is 0 Å². The van der Waals surface area contributed by atoms with Gasteiger partial charge in [-0.25, -0.2) is 4.79 Å². The number of carboxylic acid groups (broad SMARTS) is 1. The molecule has 0 aliphatic carbocycles. The van der Waals surface area contributed by atoms with E-state index in [4.69, 9.17) is 19.7 Å². The number of rotatable bonds is 6. The molecule has 0 unspecified atom stereocenters. The third kappa shape index (κ3) is 3.13. The first-order chi connectivity index (χ1) is 7.69. The molecular weight excluding hydrogens is 212 g/mol. The summed E-state index contributed by atoms with van der Waals surface area (Å²) in [7, 11) is 0. The first-order valence-corrected chi connectivity index (χ1v) is 4.92. The van der Waals surface area contributed by atoms with Crippen LogP contribution in [0.3, 0.4) is 0 Å². The lowest BCUT2D eigenvalue weighted by molar-refractivity contribution is 0.0692. The van der Waals surface area contributed by atoms with Crippen LogP contribution in [0.2, 0.25) is 0 Å². The van der Waals surface area contributed by atoms with E-state index in [-0.39, 0.29) is 24.5 Å². The van der Waals surface area contributed by atoms with E-state index in [0.717, 1.165) is 0 Å². The summed E-state index contributed by atoms with van der Waals surface area (Å²) in [6.45, 7) is 2.22. The molecule has 0 saturated heterocycles. The van der Waals surface area contributed by atoms with Gasteiger partial charge in [0.15, 0.2) is 0 Å². The van der Waals surface area contributed by atoms with Crippen molar-refractivity contribution in [2.45, 2.75) is 6.92 Å². The Morgan fingerprint density at radius 1 is 1.38 bits per heavy atom. The first-order valence-electron chi connectivity index (χ1n) is 4.92. The molecule has 0 atom stereocenters. The molecule has 0 aromatic heterocycles. The Morgan fingerprint density at radius 3 is 2.69 bits per heavy atom. The lowest BCUT2D eigenvalue weighted by atomic mass is 10.2. The topological polar surface area (TPSA) is 76.0 Å². The second-order valence-electron chi connectivity index (χ2n) is 2.97. The maximum absolute atomic E-state index is 10.9. The third-order valence-electron chi connectivity index (χ3n) is 1.84. The van der Waals surface area contributed by atoms with Crippen LogP contribution in [0.25, 0.3) is 0 Å². The Balaban J connectivity index is 2.92. The number of hydrogen-bond donors (Lipinski definition) is 2. The highest BCUT2D eigenvalue weighted by Gasteiger charge is 2.12. The summed E-state index contributed by atoms with van der Waals surface area (Å²) >= 11 is 0. The average Bonchev–Trinajstić information content (AvgIpc) is 2.26. The first kappa shape index (κ1) is 12.3. The normalized spacial score (nSPS) is 9.88. The largest absolute Gasteiger partial charge is 0.493 e. The summed E-state index contributed by atoms with van der Waals surface area (Å²) in [6, 6.07) is 4.45. The molecule has 1 aromatic rings. The van der Waals surface area contributed by atoms with Gasteiger partial charge in [-0.1, -0.05) is 0 Å². The summed E-state index contributed by atoms with van der Waals surface area (Å²) in [6.07, 6.45) is 0. The van der Waals surface area contributed by atoms with Gasteiger partial charge in [0.1, 0.15) is 23.7 Å². The van der Waals surface area contributed by atoms with Gasteiger partial charge in [-0.15, -0.1) is 0 Å². The van der Waals surface area contributed by atoms with Crippen LogP contribution in [0.5, 0.6) is 11.5 Å². The highest BCUT2D eigenvalue weighted by Crippen LogP contribution is 2.25. The highest BCUT2D eigenvalue weighted by atomic mass is 16.5. The van der Waals surface area contributed by atoms with Crippen molar-refractivity contribution < 1.29 is 24.5 Å². The van der Waals surface area contributed by atoms with Crippen LogP contribution in [0.4, 0.5) is 0 Å². The minimum absolute atomic E-state index is 0.0926. The van der Waals surface area contributed by atoms with Crippen molar-refractivity contribution in [2.24, 2.45) is 0 Å². The van der Waals surface area contributed by atoms with E-state index < -0.39 is 5.97 Å². The number of carboxylic acids is 1. The minimum atomic E-state index is -1.04. The zero-order valence-electron chi connectivity index (χ0n) is 8.97. The van der Waals surface area contributed by atoms with Crippen molar-refractivity contribution >= 4 is 5.97 Å². The number of aromatic carboxylic acids is 1. The molecule has 0 radical (unpaired) electrons. The average molecular weight is 226 g/mol. The fraction of sp³-hybridized carbons (Fsp3) is 0.364. The van der Waals surface area contributed by atoms with E-state index in [9.17, 15) is 4.79 Å². The van der Waals surface area contributed by atoms with Crippen LogP contribution in [-0.4, -0.2) is 36.0 Å². The number of carbonyl (C=O) groups is 1. The molecule has 0 saturated carbocycles. The van der Waals surface area contributed by atoms with Gasteiger partial charge in [-0.05, 0) is 19.1 Å². The van der Waals surface area contributed by atoms with Crippen LogP contribution in [0.15, 0.2) is 18.2 Å². The number of aliphatic hydroxyl groups excluding tert-OH is 1. The molecule has 1 rings (SSSR count). The molecule has 0 aliphatic rings. The van der Waals surface area contributed by atoms with Crippen molar-refractivity contribution in [1.29, 1.82) is 0 Å². The van der Waals surface area contributed by atoms with Gasteiger partial charge < -0.3 is 19.7 Å². The van der Waals surface area contributed by atoms with E-state index in [1.807, 2.05) is 0 Å². The predicted molar refractivity (Wildman–Crippen MR) is 57.2 cm³/mol. The zero-order chi connectivity index (χ0) is 12.0. The Hall–Kier alpha value is -1.75. The van der Waals surface area contributed by atoms with Gasteiger partial charge in [0, 0.05) is 6.07 Å². The number of aliphatic hydroxyl groups is 1. The Labute approximate surface area is 93.2 Å². The van der Waals surface area contributed by atoms with Crippen molar-refractivity contribution in [1.82, 2.24) is 0 Å². The monoisotopic (exact) mass is 226 g/mol. The van der Waals surface area contributed by atoms with Crippen molar-refractivity contribution in [2.75, 3.05) is 19.8 Å². The fourth-order valence-corrected chi connectivity index (χ4v) is 1.21. The molecule has 0 aliphatic heterocycles. The van der Waals surface area contributed by atoms with Gasteiger partial charge in [0.2, 0.25) is 0 Å². The molecule has 1 aromatic carbocycles. The number of ether oxygens (including phenoxy) is 2. The van der Waals surface area contributed by atoms with Crippen LogP contribution in [0.1, 0.15) is 17.3 Å². The van der Waals surface area contributed by atoms with Gasteiger partial charge in [0.05, 0.1) is 13.2 Å². The van der Waals surface area contributed by atoms with Gasteiger partial charge >= 0.3 is 5.97 Å². The second-order valence-corrected chi connectivity index (χ2v) is 2.97. The smallest absolute Gasteiger partial charge is 0.339 e. The quantitative estimate of drug-likeness (QED) is 0.761. The van der Waals surface area contributed by atoms with Crippen LogP contribution in [0, 0.1) is 0 Å². The summed E-state index contributed by atoms with van der Waals surface area (Å²) in [5.74, 6) is -0.301. The van der Waals surface area contributed by atoms with E-state index in [1.54, 1.807) is 6.92 Å². The minimum Gasteiger partial charge on any atom is -0.493 e. The molecule has 0 fully saturated rings. The molecule has 88 valence electrons. The predicted octanol–water partition coefficient (Wildman–Crippen LogP) is 1.15. The standard InChI is InChI=1S/C11H14O5/c1-2-15-10-7-8(16-6-5-12)3-4-9(10)11(13)14/h3-4,7,12H,2,5-6H2,1H3,(H,13,14). The van der Waals surface area contributed by atoms with Crippen LogP contribution < -0.4 is 9.47 Å². The molecular formula is C11H14O5. The summed E-state index contributed by atoms with van der Waals surface area (Å²) in [5, 5.41) is 17.5. The lowest BCUT2D eigenvalue weighted by Gasteiger charge is -2.10. The maximum atomic E-state index is 10.9. The molecule has 16 heavy (non-hydrogen) atoms. The van der Waals surface area contributed by atoms with Gasteiger partial charge in [0.25, 0.3) is 0 Å². The fourth-order valence-electron chi connectivity index (χ4n) is 1.21. The summed E-state index contributed by atoms with van der Waals surface area (Å²) in [4.78, 5) is 10.9. The van der Waals surface area contributed by atoms with E-state index in [2.05, 4.69) is 0 Å². The maximum Gasteiger partial charge on any atom is 0.339 e. The SMILES string of the molecule is CCOc1cc(OCCO)ccc1C(=O)O. The van der Waals surface area contributed by atoms with E-state index in [0.29, 0.717) is 12.4 Å². The van der Waals surface area contributed by atoms with Gasteiger partial charge in [-0.2, -0.15) is 0 Å². The molecule has 2 N–H and O–H groups in total. The Bertz CT molecular complexity index is 361. The van der Waals surface area contributed by atoms with Crippen molar-refractivity contribution in [3.8, 4) is 11.5 Å². The Kier molecular flexibility index (Phi) is 4.60.